The Labute approximate surface area is 308 Å². The van der Waals surface area contributed by atoms with Crippen molar-refractivity contribution in [3.63, 3.8) is 0 Å². The van der Waals surface area contributed by atoms with Crippen LogP contribution in [0.15, 0.2) is 118 Å². The summed E-state index contributed by atoms with van der Waals surface area (Å²) < 4.78 is 11.4. The van der Waals surface area contributed by atoms with E-state index >= 15 is 4.79 Å². The third-order valence-electron chi connectivity index (χ3n) is 8.48. The monoisotopic (exact) mass is 728 g/mol. The maximum Gasteiger partial charge on any atom is 0.193 e. The summed E-state index contributed by atoms with van der Waals surface area (Å²) in [7, 11) is 3.27. The molecule has 0 saturated heterocycles. The van der Waals surface area contributed by atoms with Gasteiger partial charge in [0, 0.05) is 96.5 Å². The Hall–Kier alpha value is -5.61. The first-order valence-electron chi connectivity index (χ1n) is 16.3. The second kappa shape index (κ2) is 14.9. The molecule has 15 heteroatoms. The van der Waals surface area contributed by atoms with Crippen molar-refractivity contribution in [2.24, 2.45) is 0 Å². The highest BCUT2D eigenvalue weighted by atomic mass is 32.2. The standard InChI is InChI=1S/C37H32N10O3S2/c1-49-21-46-31-25(19-44-29-7-3-5-13-38-29)23(9-11-27(31)51-36-34(46)40-15-17-42-36)33(48)24-10-12-28-32(26(24)20-45-30-8-4-6-14-39-30)47(22-50-2)35-37(52-28)43-18-16-41-35/h3-18H,19-22H2,1-2H3,(H,38,44)(H,39,45). The average Bonchev–Trinajstić information content (AvgIpc) is 3.19. The van der Waals surface area contributed by atoms with Gasteiger partial charge in [0.05, 0.1) is 11.4 Å². The number of hydrogen-bond donors (Lipinski definition) is 2. The van der Waals surface area contributed by atoms with Crippen molar-refractivity contribution in [3.05, 3.63) is 120 Å². The minimum atomic E-state index is -0.152. The molecule has 13 nitrogen and oxygen atoms in total. The van der Waals surface area contributed by atoms with Gasteiger partial charge in [-0.25, -0.2) is 29.9 Å². The number of ketones is 1. The summed E-state index contributed by atoms with van der Waals surface area (Å²) >= 11 is 3.02. The molecule has 0 aliphatic carbocycles. The second-order valence-electron chi connectivity index (χ2n) is 11.6. The van der Waals surface area contributed by atoms with Gasteiger partial charge in [-0.1, -0.05) is 35.7 Å². The fraction of sp³-hybridized carbons (Fsp3) is 0.162. The molecule has 0 atom stereocenters. The van der Waals surface area contributed by atoms with Crippen molar-refractivity contribution in [2.75, 3.05) is 48.1 Å². The Kier molecular flexibility index (Phi) is 9.63. The van der Waals surface area contributed by atoms with Gasteiger partial charge in [-0.05, 0) is 48.5 Å². The van der Waals surface area contributed by atoms with Gasteiger partial charge in [0.1, 0.15) is 35.1 Å². The summed E-state index contributed by atoms with van der Waals surface area (Å²) in [6.07, 6.45) is 10.1. The van der Waals surface area contributed by atoms with Gasteiger partial charge in [-0.3, -0.25) is 14.6 Å². The molecule has 0 amide bonds. The Bertz CT molecular complexity index is 2090. The predicted molar refractivity (Wildman–Crippen MR) is 200 cm³/mol. The number of pyridine rings is 2. The first-order valence-corrected chi connectivity index (χ1v) is 17.9. The summed E-state index contributed by atoms with van der Waals surface area (Å²) in [5.41, 5.74) is 4.24. The molecular formula is C37H32N10O3S2. The van der Waals surface area contributed by atoms with Gasteiger partial charge in [-0.15, -0.1) is 0 Å². The van der Waals surface area contributed by atoms with E-state index in [2.05, 4.69) is 40.5 Å². The van der Waals surface area contributed by atoms with E-state index in [1.54, 1.807) is 51.4 Å². The van der Waals surface area contributed by atoms with Crippen LogP contribution in [0.25, 0.3) is 0 Å². The number of nitrogens with one attached hydrogen (secondary N) is 2. The molecule has 0 fully saturated rings. The van der Waals surface area contributed by atoms with Crippen LogP contribution < -0.4 is 20.4 Å². The highest BCUT2D eigenvalue weighted by molar-refractivity contribution is 8.00. The van der Waals surface area contributed by atoms with Crippen LogP contribution in [0.5, 0.6) is 0 Å². The van der Waals surface area contributed by atoms with E-state index in [1.807, 2.05) is 70.5 Å². The summed E-state index contributed by atoms with van der Waals surface area (Å²) in [4.78, 5) is 48.5. The van der Waals surface area contributed by atoms with Crippen LogP contribution in [-0.4, -0.2) is 63.4 Å². The van der Waals surface area contributed by atoms with Gasteiger partial charge in [0.25, 0.3) is 0 Å². The van der Waals surface area contributed by atoms with Crippen LogP contribution in [-0.2, 0) is 22.6 Å². The number of ether oxygens (including phenoxy) is 2. The smallest absolute Gasteiger partial charge is 0.193 e. The van der Waals surface area contributed by atoms with Crippen molar-refractivity contribution in [1.29, 1.82) is 0 Å². The molecule has 6 heterocycles. The van der Waals surface area contributed by atoms with Crippen LogP contribution in [0.3, 0.4) is 0 Å². The van der Waals surface area contributed by atoms with Crippen molar-refractivity contribution in [2.45, 2.75) is 32.9 Å². The Morgan fingerprint density at radius 3 is 1.48 bits per heavy atom. The lowest BCUT2D eigenvalue weighted by Gasteiger charge is -2.34. The Morgan fingerprint density at radius 2 is 1.06 bits per heavy atom. The lowest BCUT2D eigenvalue weighted by atomic mass is 9.92. The SMILES string of the molecule is COCN1c2nccnc2Sc2ccc(C(=O)c3ccc4c(c3CNc3ccccn3)N(COC)c3nccnc3S4)c(CNc3ccccn3)c21. The van der Waals surface area contributed by atoms with E-state index in [1.165, 1.54) is 23.5 Å². The highest BCUT2D eigenvalue weighted by Crippen LogP contribution is 2.51. The number of aromatic nitrogens is 6. The third kappa shape index (κ3) is 6.39. The van der Waals surface area contributed by atoms with Gasteiger partial charge in [0.15, 0.2) is 17.4 Å². The molecule has 6 aromatic rings. The number of nitrogens with zero attached hydrogens (tertiary/aromatic N) is 8. The molecule has 4 aromatic heterocycles. The molecule has 0 spiro atoms. The number of hydrogen-bond acceptors (Lipinski definition) is 15. The number of benzene rings is 2. The fourth-order valence-electron chi connectivity index (χ4n) is 6.29. The maximum atomic E-state index is 15.2. The van der Waals surface area contributed by atoms with E-state index in [4.69, 9.17) is 9.47 Å². The molecule has 0 bridgehead atoms. The van der Waals surface area contributed by atoms with Gasteiger partial charge in [-0.2, -0.15) is 0 Å². The molecule has 2 aliphatic heterocycles. The molecule has 2 aliphatic rings. The molecule has 2 aromatic carbocycles. The van der Waals surface area contributed by atoms with Crippen molar-refractivity contribution < 1.29 is 14.3 Å². The van der Waals surface area contributed by atoms with E-state index in [-0.39, 0.29) is 19.2 Å². The van der Waals surface area contributed by atoms with Gasteiger partial charge < -0.3 is 20.1 Å². The van der Waals surface area contributed by atoms with Crippen LogP contribution in [0, 0.1) is 0 Å². The zero-order chi connectivity index (χ0) is 35.4. The van der Waals surface area contributed by atoms with Crippen LogP contribution in [0.1, 0.15) is 27.0 Å². The minimum absolute atomic E-state index is 0.152. The molecule has 0 saturated carbocycles. The summed E-state index contributed by atoms with van der Waals surface area (Å²) in [6.45, 7) is 1.02. The zero-order valence-corrected chi connectivity index (χ0v) is 29.8. The number of fused-ring (bicyclic) bond motifs is 4. The van der Waals surface area contributed by atoms with E-state index in [9.17, 15) is 0 Å². The average molecular weight is 729 g/mol. The molecule has 52 heavy (non-hydrogen) atoms. The molecule has 0 unspecified atom stereocenters. The second-order valence-corrected chi connectivity index (χ2v) is 13.7. The number of carbonyl (C=O) groups is 1. The third-order valence-corrected chi connectivity index (χ3v) is 10.5. The highest BCUT2D eigenvalue weighted by Gasteiger charge is 2.34. The number of rotatable bonds is 12. The van der Waals surface area contributed by atoms with Crippen molar-refractivity contribution >= 4 is 64.0 Å². The van der Waals surface area contributed by atoms with Crippen molar-refractivity contribution in [1.82, 2.24) is 29.9 Å². The molecule has 0 radical (unpaired) electrons. The molecule has 8 rings (SSSR count). The van der Waals surface area contributed by atoms with Crippen LogP contribution in [0.2, 0.25) is 0 Å². The van der Waals surface area contributed by atoms with Crippen LogP contribution in [0.4, 0.5) is 34.6 Å². The summed E-state index contributed by atoms with van der Waals surface area (Å²) in [5.74, 6) is 2.53. The quantitative estimate of drug-likeness (QED) is 0.126. The summed E-state index contributed by atoms with van der Waals surface area (Å²) in [5, 5.41) is 8.41. The zero-order valence-electron chi connectivity index (χ0n) is 28.2. The van der Waals surface area contributed by atoms with Crippen molar-refractivity contribution in [3.8, 4) is 0 Å². The van der Waals surface area contributed by atoms with Gasteiger partial charge >= 0.3 is 0 Å². The normalized spacial score (nSPS) is 12.7. The number of anilines is 6. The van der Waals surface area contributed by atoms with E-state index < -0.39 is 0 Å². The Morgan fingerprint density at radius 1 is 0.596 bits per heavy atom. The largest absolute Gasteiger partial charge is 0.366 e. The number of carbonyl (C=O) groups excluding carboxylic acids is 1. The maximum absolute atomic E-state index is 15.2. The lowest BCUT2D eigenvalue weighted by molar-refractivity contribution is 0.103. The molecule has 2 N–H and O–H groups in total. The first-order chi connectivity index (χ1) is 25.6. The van der Waals surface area contributed by atoms with Crippen LogP contribution >= 0.6 is 23.5 Å². The minimum Gasteiger partial charge on any atom is -0.366 e. The molecular weight excluding hydrogens is 697 g/mol. The topological polar surface area (TPSA) is 143 Å². The lowest BCUT2D eigenvalue weighted by Crippen LogP contribution is -2.28. The first kappa shape index (κ1) is 33.5. The number of methoxy groups -OCH3 is 2. The summed E-state index contributed by atoms with van der Waals surface area (Å²) in [6, 6.07) is 19.1. The van der Waals surface area contributed by atoms with Gasteiger partial charge in [0.2, 0.25) is 0 Å². The van der Waals surface area contributed by atoms with E-state index in [0.29, 0.717) is 47.5 Å². The molecule has 260 valence electrons. The fourth-order valence-corrected chi connectivity index (χ4v) is 8.37. The predicted octanol–water partition coefficient (Wildman–Crippen LogP) is 6.93. The van der Waals surface area contributed by atoms with E-state index in [0.717, 1.165) is 42.3 Å². The Balaban J connectivity index is 1.29.